The van der Waals surface area contributed by atoms with E-state index in [1.54, 1.807) is 0 Å². The molecule has 4 heterocycles. The lowest BCUT2D eigenvalue weighted by atomic mass is 10.1. The minimum absolute atomic E-state index is 0.867. The number of pyridine rings is 4. The molecule has 0 radical (unpaired) electrons. The first-order chi connectivity index (χ1) is 23.6. The second-order valence-electron chi connectivity index (χ2n) is 12.6. The van der Waals surface area contributed by atoms with Crippen LogP contribution in [0.3, 0.4) is 0 Å². The third-order valence-corrected chi connectivity index (χ3v) is 8.58. The summed E-state index contributed by atoms with van der Waals surface area (Å²) in [6, 6.07) is 34.0. The van der Waals surface area contributed by atoms with Gasteiger partial charge in [-0.2, -0.15) is 0 Å². The van der Waals surface area contributed by atoms with Crippen molar-refractivity contribution < 1.29 is 0 Å². The Morgan fingerprint density at radius 1 is 0.375 bits per heavy atom. The van der Waals surface area contributed by atoms with E-state index in [1.807, 2.05) is 0 Å². The average molecular weight is 641 g/mol. The second kappa shape index (κ2) is 18.1. The molecule has 5 rings (SSSR count). The maximum absolute atomic E-state index is 5.17. The quantitative estimate of drug-likeness (QED) is 0.0950. The highest BCUT2D eigenvalue weighted by molar-refractivity contribution is 5.79. The molecule has 0 unspecified atom stereocenters. The Morgan fingerprint density at radius 2 is 0.646 bits per heavy atom. The van der Waals surface area contributed by atoms with E-state index >= 15 is 0 Å². The number of unbranched alkanes of at least 4 members (excludes halogenated alkanes) is 4. The van der Waals surface area contributed by atoms with E-state index in [-0.39, 0.29) is 0 Å². The number of benzene rings is 1. The van der Waals surface area contributed by atoms with Crippen LogP contribution in [-0.4, -0.2) is 19.9 Å². The molecule has 0 aliphatic rings. The molecule has 0 aliphatic heterocycles. The molecule has 6 nitrogen and oxygen atoms in total. The predicted molar refractivity (Wildman–Crippen MR) is 201 cm³/mol. The molecule has 5 aromatic rings. The van der Waals surface area contributed by atoms with Crippen LogP contribution >= 0.6 is 0 Å². The van der Waals surface area contributed by atoms with Gasteiger partial charge in [0.15, 0.2) is 0 Å². The highest BCUT2D eigenvalue weighted by atomic mass is 15.3. The van der Waals surface area contributed by atoms with Crippen molar-refractivity contribution in [3.05, 3.63) is 120 Å². The normalized spacial score (nSPS) is 11.1. The van der Waals surface area contributed by atoms with Crippen LogP contribution in [0.15, 0.2) is 97.1 Å². The highest BCUT2D eigenvalue weighted by Crippen LogP contribution is 2.38. The summed E-state index contributed by atoms with van der Waals surface area (Å²) in [7, 11) is 0. The first-order valence-corrected chi connectivity index (χ1v) is 18.2. The van der Waals surface area contributed by atoms with E-state index in [1.165, 1.54) is 0 Å². The summed E-state index contributed by atoms with van der Waals surface area (Å²) < 4.78 is 0. The van der Waals surface area contributed by atoms with Crippen LogP contribution in [0.2, 0.25) is 0 Å². The molecule has 6 heteroatoms. The summed E-state index contributed by atoms with van der Waals surface area (Å²) in [6.45, 7) is 8.90. The van der Waals surface area contributed by atoms with Gasteiger partial charge in [-0.15, -0.1) is 0 Å². The highest BCUT2D eigenvalue weighted by Gasteiger charge is 2.21. The van der Waals surface area contributed by atoms with Crippen molar-refractivity contribution in [2.45, 2.75) is 105 Å². The lowest BCUT2D eigenvalue weighted by Crippen LogP contribution is -2.17. The van der Waals surface area contributed by atoms with Gasteiger partial charge in [0.05, 0.1) is 11.4 Å². The van der Waals surface area contributed by atoms with Gasteiger partial charge >= 0.3 is 0 Å². The Hall–Kier alpha value is -4.58. The maximum Gasteiger partial charge on any atom is 0.139 e. The average Bonchev–Trinajstić information content (AvgIpc) is 3.12. The Bertz CT molecular complexity index is 1490. The van der Waals surface area contributed by atoms with Gasteiger partial charge in [-0.3, -0.25) is 9.80 Å². The monoisotopic (exact) mass is 640 g/mol. The summed E-state index contributed by atoms with van der Waals surface area (Å²) in [4.78, 5) is 25.1. The van der Waals surface area contributed by atoms with E-state index < -0.39 is 0 Å². The van der Waals surface area contributed by atoms with E-state index in [0.29, 0.717) is 0 Å². The van der Waals surface area contributed by atoms with Crippen LogP contribution in [-0.2, 0) is 25.7 Å². The third-order valence-electron chi connectivity index (χ3n) is 8.58. The van der Waals surface area contributed by atoms with Crippen LogP contribution < -0.4 is 9.80 Å². The lowest BCUT2D eigenvalue weighted by Gasteiger charge is -2.28. The van der Waals surface area contributed by atoms with Crippen LogP contribution in [0, 0.1) is 0 Å². The summed E-state index contributed by atoms with van der Waals surface area (Å²) in [6.07, 6.45) is 12.8. The SMILES string of the molecule is CCCCc1cccc(N(c2cccc(N(c3cccc(CCCC)n3)c3cccc(CCCC)n3)c2)c2cccc(CCCC)n2)n1. The maximum atomic E-state index is 5.17. The zero-order valence-corrected chi connectivity index (χ0v) is 29.4. The molecule has 0 N–H and O–H groups in total. The predicted octanol–water partition coefficient (Wildman–Crippen LogP) is 11.6. The number of rotatable bonds is 18. The molecule has 0 fully saturated rings. The van der Waals surface area contributed by atoms with Crippen LogP contribution in [0.1, 0.15) is 102 Å². The number of nitrogens with zero attached hydrogens (tertiary/aromatic N) is 6. The van der Waals surface area contributed by atoms with E-state index in [9.17, 15) is 0 Å². The van der Waals surface area contributed by atoms with Gasteiger partial charge in [0.25, 0.3) is 0 Å². The van der Waals surface area contributed by atoms with E-state index in [2.05, 4.69) is 135 Å². The lowest BCUT2D eigenvalue weighted by molar-refractivity contribution is 0.773. The molecule has 0 amide bonds. The molecule has 0 bridgehead atoms. The Morgan fingerprint density at radius 3 is 0.917 bits per heavy atom. The molecular formula is C42H52N6. The molecule has 0 saturated heterocycles. The topological polar surface area (TPSA) is 58.0 Å². The fourth-order valence-electron chi connectivity index (χ4n) is 5.89. The largest absolute Gasteiger partial charge is 0.279 e. The second-order valence-corrected chi connectivity index (χ2v) is 12.6. The molecular weight excluding hydrogens is 589 g/mol. The first kappa shape index (κ1) is 34.7. The van der Waals surface area contributed by atoms with Crippen molar-refractivity contribution in [1.82, 2.24) is 19.9 Å². The van der Waals surface area contributed by atoms with Gasteiger partial charge in [-0.1, -0.05) is 83.7 Å². The van der Waals surface area contributed by atoms with Gasteiger partial charge in [-0.25, -0.2) is 19.9 Å². The minimum atomic E-state index is 0.867. The number of aromatic nitrogens is 4. The smallest absolute Gasteiger partial charge is 0.139 e. The Kier molecular flexibility index (Phi) is 13.1. The third kappa shape index (κ3) is 9.27. The summed E-state index contributed by atoms with van der Waals surface area (Å²) >= 11 is 0. The van der Waals surface area contributed by atoms with Gasteiger partial charge in [0.1, 0.15) is 23.3 Å². The number of aryl methyl sites for hydroxylation is 4. The van der Waals surface area contributed by atoms with Crippen molar-refractivity contribution in [2.24, 2.45) is 0 Å². The van der Waals surface area contributed by atoms with Crippen molar-refractivity contribution >= 4 is 34.6 Å². The Balaban J connectivity index is 1.64. The molecule has 0 atom stereocenters. The Labute approximate surface area is 288 Å². The van der Waals surface area contributed by atoms with Crippen LogP contribution in [0.4, 0.5) is 34.6 Å². The van der Waals surface area contributed by atoms with Gasteiger partial charge < -0.3 is 0 Å². The van der Waals surface area contributed by atoms with Crippen LogP contribution in [0.25, 0.3) is 0 Å². The van der Waals surface area contributed by atoms with E-state index in [4.69, 9.17) is 19.9 Å². The zero-order valence-electron chi connectivity index (χ0n) is 29.4. The van der Waals surface area contributed by atoms with Gasteiger partial charge in [0.2, 0.25) is 0 Å². The summed E-state index contributed by atoms with van der Waals surface area (Å²) in [5.74, 6) is 3.47. The molecule has 4 aromatic heterocycles. The van der Waals surface area contributed by atoms with Crippen LogP contribution in [0.5, 0.6) is 0 Å². The van der Waals surface area contributed by atoms with Crippen molar-refractivity contribution in [1.29, 1.82) is 0 Å². The van der Waals surface area contributed by atoms with Crippen molar-refractivity contribution in [2.75, 3.05) is 9.80 Å². The minimum Gasteiger partial charge on any atom is -0.279 e. The molecule has 250 valence electrons. The molecule has 1 aromatic carbocycles. The van der Waals surface area contributed by atoms with Crippen molar-refractivity contribution in [3.63, 3.8) is 0 Å². The summed E-state index contributed by atoms with van der Waals surface area (Å²) in [5, 5.41) is 0. The van der Waals surface area contributed by atoms with E-state index in [0.717, 1.165) is 134 Å². The molecule has 0 aliphatic carbocycles. The van der Waals surface area contributed by atoms with Gasteiger partial charge in [-0.05, 0) is 118 Å². The van der Waals surface area contributed by atoms with Crippen molar-refractivity contribution in [3.8, 4) is 0 Å². The standard InChI is InChI=1S/C42H52N6/c1-5-9-18-33-22-13-28-39(43-33)47(40-29-14-23-34(44-40)19-10-6-2)37-26-17-27-38(32-37)48(41-30-15-24-35(45-41)20-11-7-3)42-31-16-25-36(46-42)21-12-8-4/h13-17,22-32H,5-12,18-21H2,1-4H3. The first-order valence-electron chi connectivity index (χ1n) is 18.2. The zero-order chi connectivity index (χ0) is 33.6. The molecule has 0 spiro atoms. The summed E-state index contributed by atoms with van der Waals surface area (Å²) in [5.41, 5.74) is 6.37. The number of anilines is 6. The van der Waals surface area contributed by atoms with Gasteiger partial charge in [0, 0.05) is 22.8 Å². The number of hydrogen-bond donors (Lipinski definition) is 0. The molecule has 48 heavy (non-hydrogen) atoms. The fraction of sp³-hybridized carbons (Fsp3) is 0.381. The fourth-order valence-corrected chi connectivity index (χ4v) is 5.89. The number of hydrogen-bond acceptors (Lipinski definition) is 6. The molecule has 0 saturated carbocycles.